The van der Waals surface area contributed by atoms with Crippen molar-refractivity contribution < 1.29 is 4.74 Å². The molecule has 142 valence electrons. The zero-order chi connectivity index (χ0) is 18.9. The molecule has 28 heavy (non-hydrogen) atoms. The average Bonchev–Trinajstić information content (AvgIpc) is 3.05. The van der Waals surface area contributed by atoms with Gasteiger partial charge < -0.3 is 9.72 Å². The molecule has 0 radical (unpaired) electrons. The van der Waals surface area contributed by atoms with Crippen molar-refractivity contribution in [2.45, 2.75) is 45.4 Å². The van der Waals surface area contributed by atoms with Gasteiger partial charge in [-0.15, -0.1) is 0 Å². The van der Waals surface area contributed by atoms with Gasteiger partial charge >= 0.3 is 0 Å². The first-order chi connectivity index (χ1) is 13.6. The summed E-state index contributed by atoms with van der Waals surface area (Å²) in [5.74, 6) is 11.1. The number of aryl methyl sites for hydroxylation is 1. The Morgan fingerprint density at radius 3 is 2.29 bits per heavy atom. The summed E-state index contributed by atoms with van der Waals surface area (Å²) < 4.78 is 5.73. The molecule has 4 fully saturated rings. The second-order valence-corrected chi connectivity index (χ2v) is 9.64. The molecule has 0 unspecified atom stereocenters. The highest BCUT2D eigenvalue weighted by Crippen LogP contribution is 2.59. The Bertz CT molecular complexity index is 1120. The maximum atomic E-state index is 5.73. The zero-order valence-corrected chi connectivity index (χ0v) is 16.8. The molecule has 0 aliphatic heterocycles. The Hall–Kier alpha value is -2.40. The maximum absolute atomic E-state index is 5.73. The van der Waals surface area contributed by atoms with Crippen LogP contribution in [0.3, 0.4) is 0 Å². The van der Waals surface area contributed by atoms with E-state index in [1.165, 1.54) is 60.4 Å². The second-order valence-electron chi connectivity index (χ2n) is 9.64. The molecule has 0 amide bonds. The fraction of sp³-hybridized carbons (Fsp3) is 0.462. The number of ether oxygens (including phenoxy) is 1. The number of aromatic amines is 1. The Balaban J connectivity index is 1.52. The van der Waals surface area contributed by atoms with E-state index in [2.05, 4.69) is 54.1 Å². The Morgan fingerprint density at radius 1 is 0.929 bits per heavy atom. The molecular weight excluding hydrogens is 342 g/mol. The number of hydrogen-bond donors (Lipinski definition) is 1. The molecule has 1 heterocycles. The molecular formula is C26H27NO. The Labute approximate surface area is 166 Å². The predicted molar refractivity (Wildman–Crippen MR) is 115 cm³/mol. The second kappa shape index (κ2) is 5.80. The smallest absolute Gasteiger partial charge is 0.136 e. The largest absolute Gasteiger partial charge is 0.495 e. The van der Waals surface area contributed by atoms with E-state index >= 15 is 0 Å². The van der Waals surface area contributed by atoms with Crippen molar-refractivity contribution in [2.24, 2.45) is 23.2 Å². The normalized spacial score (nSPS) is 30.6. The number of para-hydroxylation sites is 1. The molecule has 2 aromatic carbocycles. The van der Waals surface area contributed by atoms with E-state index in [9.17, 15) is 0 Å². The van der Waals surface area contributed by atoms with Crippen LogP contribution in [-0.2, 0) is 0 Å². The molecule has 0 saturated heterocycles. The summed E-state index contributed by atoms with van der Waals surface area (Å²) in [4.78, 5) is 3.67. The highest BCUT2D eigenvalue weighted by atomic mass is 16.5. The Morgan fingerprint density at radius 2 is 1.61 bits per heavy atom. The van der Waals surface area contributed by atoms with Crippen LogP contribution in [0.15, 0.2) is 30.3 Å². The molecule has 2 nitrogen and oxygen atoms in total. The number of rotatable bonds is 1. The quantitative estimate of drug-likeness (QED) is 0.507. The summed E-state index contributed by atoms with van der Waals surface area (Å²) >= 11 is 0. The van der Waals surface area contributed by atoms with Crippen molar-refractivity contribution in [3.8, 4) is 17.6 Å². The molecule has 4 aliphatic rings. The van der Waals surface area contributed by atoms with E-state index in [1.54, 1.807) is 7.11 Å². The summed E-state index contributed by atoms with van der Waals surface area (Å²) in [5, 5.41) is 2.52. The first kappa shape index (κ1) is 16.5. The zero-order valence-electron chi connectivity index (χ0n) is 16.8. The van der Waals surface area contributed by atoms with Gasteiger partial charge in [0.25, 0.3) is 0 Å². The topological polar surface area (TPSA) is 25.0 Å². The van der Waals surface area contributed by atoms with Gasteiger partial charge in [-0.3, -0.25) is 0 Å². The first-order valence-corrected chi connectivity index (χ1v) is 10.8. The van der Waals surface area contributed by atoms with Crippen LogP contribution in [0.4, 0.5) is 0 Å². The van der Waals surface area contributed by atoms with Crippen molar-refractivity contribution in [1.29, 1.82) is 0 Å². The molecule has 0 atom stereocenters. The van der Waals surface area contributed by atoms with Crippen LogP contribution >= 0.6 is 0 Å². The lowest BCUT2D eigenvalue weighted by Gasteiger charge is -2.54. The highest BCUT2D eigenvalue weighted by molar-refractivity contribution is 6.10. The monoisotopic (exact) mass is 369 g/mol. The standard InChI is InChI=1S/C26H27NO/c1-16-4-3-5-20-21-6-7-23(28-2)22(25(21)27-24(16)20)8-9-26-13-17-10-18(14-26)12-19(11-17)15-26/h3-7,17-19,27H,10-15H2,1-2H3. The first-order valence-electron chi connectivity index (χ1n) is 10.8. The summed E-state index contributed by atoms with van der Waals surface area (Å²) in [6, 6.07) is 10.7. The summed E-state index contributed by atoms with van der Waals surface area (Å²) in [6.45, 7) is 2.16. The number of methoxy groups -OCH3 is 1. The summed E-state index contributed by atoms with van der Waals surface area (Å²) in [5.41, 5.74) is 4.90. The number of benzene rings is 2. The third-order valence-corrected chi connectivity index (χ3v) is 7.69. The third-order valence-electron chi connectivity index (χ3n) is 7.69. The minimum atomic E-state index is 0.254. The van der Waals surface area contributed by atoms with Crippen molar-refractivity contribution in [2.75, 3.05) is 7.11 Å². The van der Waals surface area contributed by atoms with Gasteiger partial charge in [0, 0.05) is 21.7 Å². The van der Waals surface area contributed by atoms with Crippen molar-refractivity contribution in [3.63, 3.8) is 0 Å². The van der Waals surface area contributed by atoms with Gasteiger partial charge in [-0.05, 0) is 80.9 Å². The van der Waals surface area contributed by atoms with Crippen LogP contribution < -0.4 is 4.74 Å². The maximum Gasteiger partial charge on any atom is 0.136 e. The number of fused-ring (bicyclic) bond motifs is 3. The minimum absolute atomic E-state index is 0.254. The molecule has 1 N–H and O–H groups in total. The average molecular weight is 370 g/mol. The lowest BCUT2D eigenvalue weighted by molar-refractivity contribution is -0.0181. The van der Waals surface area contributed by atoms with Crippen LogP contribution in [0, 0.1) is 41.9 Å². The number of H-pyrrole nitrogens is 1. The number of aromatic nitrogens is 1. The van der Waals surface area contributed by atoms with E-state index in [1.807, 2.05) is 0 Å². The van der Waals surface area contributed by atoms with Gasteiger partial charge in [0.15, 0.2) is 0 Å². The third kappa shape index (κ3) is 2.35. The minimum Gasteiger partial charge on any atom is -0.495 e. The molecule has 7 rings (SSSR count). The number of nitrogens with one attached hydrogen (secondary N) is 1. The van der Waals surface area contributed by atoms with Crippen molar-refractivity contribution >= 4 is 21.8 Å². The highest BCUT2D eigenvalue weighted by Gasteiger charge is 2.50. The van der Waals surface area contributed by atoms with Gasteiger partial charge in [-0.1, -0.05) is 30.0 Å². The molecule has 0 spiro atoms. The molecule has 2 heteroatoms. The van der Waals surface area contributed by atoms with E-state index in [4.69, 9.17) is 4.74 Å². The number of hydrogen-bond acceptors (Lipinski definition) is 1. The molecule has 3 aromatic rings. The van der Waals surface area contributed by atoms with Gasteiger partial charge in [-0.25, -0.2) is 0 Å². The lowest BCUT2D eigenvalue weighted by Crippen LogP contribution is -2.45. The van der Waals surface area contributed by atoms with E-state index in [-0.39, 0.29) is 5.41 Å². The summed E-state index contributed by atoms with van der Waals surface area (Å²) in [6.07, 6.45) is 8.33. The van der Waals surface area contributed by atoms with Crippen LogP contribution in [0.2, 0.25) is 0 Å². The van der Waals surface area contributed by atoms with Crippen molar-refractivity contribution in [3.05, 3.63) is 41.5 Å². The van der Waals surface area contributed by atoms with E-state index < -0.39 is 0 Å². The van der Waals surface area contributed by atoms with E-state index in [0.29, 0.717) is 0 Å². The SMILES string of the molecule is COc1ccc2c([nH]c3c(C)cccc32)c1C#CC12CC3CC(CC(C3)C1)C2. The summed E-state index contributed by atoms with van der Waals surface area (Å²) in [7, 11) is 1.75. The molecule has 4 saturated carbocycles. The molecule has 4 aliphatic carbocycles. The Kier molecular flexibility index (Phi) is 3.43. The predicted octanol–water partition coefficient (Wildman–Crippen LogP) is 6.21. The van der Waals surface area contributed by atoms with Gasteiger partial charge in [-0.2, -0.15) is 0 Å². The van der Waals surface area contributed by atoms with Gasteiger partial charge in [0.2, 0.25) is 0 Å². The lowest BCUT2D eigenvalue weighted by atomic mass is 9.50. The van der Waals surface area contributed by atoms with Crippen LogP contribution in [0.25, 0.3) is 21.8 Å². The van der Waals surface area contributed by atoms with Crippen LogP contribution in [0.1, 0.15) is 49.7 Å². The van der Waals surface area contributed by atoms with Crippen molar-refractivity contribution in [1.82, 2.24) is 4.98 Å². The molecule has 4 bridgehead atoms. The fourth-order valence-electron chi connectivity index (χ4n) is 6.87. The van der Waals surface area contributed by atoms with Crippen LogP contribution in [-0.4, -0.2) is 12.1 Å². The molecule has 1 aromatic heterocycles. The fourth-order valence-corrected chi connectivity index (χ4v) is 6.87. The van der Waals surface area contributed by atoms with Gasteiger partial charge in [0.05, 0.1) is 18.2 Å². The van der Waals surface area contributed by atoms with Crippen LogP contribution in [0.5, 0.6) is 5.75 Å². The van der Waals surface area contributed by atoms with E-state index in [0.717, 1.165) is 34.6 Å². The van der Waals surface area contributed by atoms with Gasteiger partial charge in [0.1, 0.15) is 5.75 Å².